The van der Waals surface area contributed by atoms with Crippen molar-refractivity contribution in [3.63, 3.8) is 0 Å². The Bertz CT molecular complexity index is 689. The first-order valence-corrected chi connectivity index (χ1v) is 6.50. The standard InChI is InChI=1S/C12H10BrFN4O3/c13-9-3-7(1-2-10(9)14)16-12(21)17-8-4-15-18(5-8)6-11(19)20/h1-5H,6H2,(H,19,20)(H2,16,17,21). The van der Waals surface area contributed by atoms with E-state index < -0.39 is 17.8 Å². The topological polar surface area (TPSA) is 96.2 Å². The van der Waals surface area contributed by atoms with Gasteiger partial charge in [-0.2, -0.15) is 5.10 Å². The van der Waals surface area contributed by atoms with Crippen LogP contribution in [0.4, 0.5) is 20.6 Å². The average Bonchev–Trinajstić information content (AvgIpc) is 2.80. The molecule has 3 N–H and O–H groups in total. The number of nitrogens with zero attached hydrogens (tertiary/aromatic N) is 2. The molecule has 2 aromatic rings. The van der Waals surface area contributed by atoms with Gasteiger partial charge in [-0.3, -0.25) is 9.48 Å². The monoisotopic (exact) mass is 356 g/mol. The second-order valence-corrected chi connectivity index (χ2v) is 4.88. The summed E-state index contributed by atoms with van der Waals surface area (Å²) in [4.78, 5) is 22.2. The molecule has 0 atom stereocenters. The maximum Gasteiger partial charge on any atom is 0.325 e. The van der Waals surface area contributed by atoms with Crippen molar-refractivity contribution in [3.05, 3.63) is 40.9 Å². The molecule has 1 aromatic heterocycles. The van der Waals surface area contributed by atoms with Crippen molar-refractivity contribution >= 4 is 39.3 Å². The van der Waals surface area contributed by atoms with Crippen molar-refractivity contribution in [2.45, 2.75) is 6.54 Å². The molecule has 2 rings (SSSR count). The minimum atomic E-state index is -1.04. The first-order valence-electron chi connectivity index (χ1n) is 5.71. The number of carbonyl (C=O) groups is 2. The summed E-state index contributed by atoms with van der Waals surface area (Å²) in [6.07, 6.45) is 2.71. The van der Waals surface area contributed by atoms with E-state index in [2.05, 4.69) is 31.7 Å². The lowest BCUT2D eigenvalue weighted by molar-refractivity contribution is -0.137. The van der Waals surface area contributed by atoms with Gasteiger partial charge < -0.3 is 15.7 Å². The predicted molar refractivity (Wildman–Crippen MR) is 76.6 cm³/mol. The summed E-state index contributed by atoms with van der Waals surface area (Å²) in [6.45, 7) is -0.297. The molecule has 0 saturated carbocycles. The quantitative estimate of drug-likeness (QED) is 0.784. The average molecular weight is 357 g/mol. The van der Waals surface area contributed by atoms with Crippen LogP contribution in [0.3, 0.4) is 0 Å². The highest BCUT2D eigenvalue weighted by Crippen LogP contribution is 2.20. The number of aromatic nitrogens is 2. The van der Waals surface area contributed by atoms with Crippen LogP contribution in [0.5, 0.6) is 0 Å². The summed E-state index contributed by atoms with van der Waals surface area (Å²) < 4.78 is 14.5. The number of benzene rings is 1. The van der Waals surface area contributed by atoms with Gasteiger partial charge in [-0.1, -0.05) is 0 Å². The molecule has 0 spiro atoms. The van der Waals surface area contributed by atoms with Crippen LogP contribution in [0.2, 0.25) is 0 Å². The van der Waals surface area contributed by atoms with Crippen molar-refractivity contribution in [1.82, 2.24) is 9.78 Å². The molecule has 9 heteroatoms. The van der Waals surface area contributed by atoms with E-state index in [4.69, 9.17) is 5.11 Å². The summed E-state index contributed by atoms with van der Waals surface area (Å²) in [5.74, 6) is -1.47. The molecule has 7 nitrogen and oxygen atoms in total. The van der Waals surface area contributed by atoms with Crippen LogP contribution in [-0.2, 0) is 11.3 Å². The third-order valence-electron chi connectivity index (χ3n) is 2.37. The minimum Gasteiger partial charge on any atom is -0.480 e. The van der Waals surface area contributed by atoms with Crippen LogP contribution in [0.15, 0.2) is 35.1 Å². The lowest BCUT2D eigenvalue weighted by Crippen LogP contribution is -2.19. The second kappa shape index (κ2) is 6.35. The number of aliphatic carboxylic acids is 1. The van der Waals surface area contributed by atoms with Gasteiger partial charge in [0.15, 0.2) is 0 Å². The van der Waals surface area contributed by atoms with Crippen LogP contribution in [0.1, 0.15) is 0 Å². The van der Waals surface area contributed by atoms with Crippen LogP contribution in [-0.4, -0.2) is 26.9 Å². The van der Waals surface area contributed by atoms with Crippen molar-refractivity contribution in [1.29, 1.82) is 0 Å². The number of carbonyl (C=O) groups excluding carboxylic acids is 1. The SMILES string of the molecule is O=C(O)Cn1cc(NC(=O)Nc2ccc(F)c(Br)c2)cn1. The summed E-state index contributed by atoms with van der Waals surface area (Å²) >= 11 is 3.01. The lowest BCUT2D eigenvalue weighted by Gasteiger charge is -2.06. The van der Waals surface area contributed by atoms with Crippen molar-refractivity contribution < 1.29 is 19.1 Å². The van der Waals surface area contributed by atoms with E-state index in [-0.39, 0.29) is 11.0 Å². The maximum atomic E-state index is 13.1. The Morgan fingerprint density at radius 2 is 2.05 bits per heavy atom. The zero-order chi connectivity index (χ0) is 15.4. The molecule has 110 valence electrons. The first-order chi connectivity index (χ1) is 9.94. The number of amides is 2. The number of carboxylic acids is 1. The Morgan fingerprint density at radius 3 is 2.71 bits per heavy atom. The lowest BCUT2D eigenvalue weighted by atomic mass is 10.3. The van der Waals surface area contributed by atoms with Gasteiger partial charge in [-0.15, -0.1) is 0 Å². The number of hydrogen-bond acceptors (Lipinski definition) is 3. The smallest absolute Gasteiger partial charge is 0.325 e. The summed E-state index contributed by atoms with van der Waals surface area (Å²) in [5, 5.41) is 17.4. The molecule has 0 saturated heterocycles. The largest absolute Gasteiger partial charge is 0.480 e. The van der Waals surface area contributed by atoms with E-state index in [1.807, 2.05) is 0 Å². The predicted octanol–water partition coefficient (Wildman–Crippen LogP) is 2.51. The normalized spacial score (nSPS) is 10.2. The first kappa shape index (κ1) is 15.0. The Labute approximate surface area is 126 Å². The van der Waals surface area contributed by atoms with E-state index in [1.54, 1.807) is 0 Å². The highest BCUT2D eigenvalue weighted by Gasteiger charge is 2.07. The Morgan fingerprint density at radius 1 is 1.33 bits per heavy atom. The number of carboxylic acid groups (broad SMARTS) is 1. The summed E-state index contributed by atoms with van der Waals surface area (Å²) in [6, 6.07) is 3.49. The fraction of sp³-hybridized carbons (Fsp3) is 0.0833. The molecule has 0 fully saturated rings. The van der Waals surface area contributed by atoms with Crippen LogP contribution >= 0.6 is 15.9 Å². The summed E-state index contributed by atoms with van der Waals surface area (Å²) in [5.41, 5.74) is 0.744. The van der Waals surface area contributed by atoms with Gasteiger partial charge >= 0.3 is 12.0 Å². The second-order valence-electron chi connectivity index (χ2n) is 4.03. The third-order valence-corrected chi connectivity index (χ3v) is 2.97. The zero-order valence-electron chi connectivity index (χ0n) is 10.5. The van der Waals surface area contributed by atoms with Crippen LogP contribution in [0.25, 0.3) is 0 Å². The van der Waals surface area contributed by atoms with Gasteiger partial charge in [0.2, 0.25) is 0 Å². The van der Waals surface area contributed by atoms with E-state index in [0.29, 0.717) is 11.4 Å². The Hall–Kier alpha value is -2.42. The van der Waals surface area contributed by atoms with Gasteiger partial charge in [0, 0.05) is 11.9 Å². The van der Waals surface area contributed by atoms with E-state index in [0.717, 1.165) is 0 Å². The minimum absolute atomic E-state index is 0.231. The van der Waals surface area contributed by atoms with Crippen molar-refractivity contribution in [2.24, 2.45) is 0 Å². The molecule has 1 aromatic carbocycles. The van der Waals surface area contributed by atoms with Gasteiger partial charge in [-0.05, 0) is 34.1 Å². The highest BCUT2D eigenvalue weighted by molar-refractivity contribution is 9.10. The number of nitrogens with one attached hydrogen (secondary N) is 2. The van der Waals surface area contributed by atoms with E-state index in [1.165, 1.54) is 35.3 Å². The molecule has 0 aliphatic rings. The molecule has 0 bridgehead atoms. The Balaban J connectivity index is 1.96. The number of rotatable bonds is 4. The maximum absolute atomic E-state index is 13.1. The number of anilines is 2. The number of hydrogen-bond donors (Lipinski definition) is 3. The van der Waals surface area contributed by atoms with Gasteiger partial charge in [0.05, 0.1) is 16.4 Å². The Kier molecular flexibility index (Phi) is 4.53. The van der Waals surface area contributed by atoms with Crippen molar-refractivity contribution in [3.8, 4) is 0 Å². The van der Waals surface area contributed by atoms with Gasteiger partial charge in [0.1, 0.15) is 12.4 Å². The fourth-order valence-electron chi connectivity index (χ4n) is 1.52. The molecule has 1 heterocycles. The highest BCUT2D eigenvalue weighted by atomic mass is 79.9. The summed E-state index contributed by atoms with van der Waals surface area (Å²) in [7, 11) is 0. The molecule has 0 radical (unpaired) electrons. The molecular formula is C12H10BrFN4O3. The third kappa shape index (κ3) is 4.28. The molecule has 21 heavy (non-hydrogen) atoms. The number of halogens is 2. The van der Waals surface area contributed by atoms with Gasteiger partial charge in [0.25, 0.3) is 0 Å². The van der Waals surface area contributed by atoms with Crippen LogP contribution < -0.4 is 10.6 Å². The molecule has 0 unspecified atom stereocenters. The van der Waals surface area contributed by atoms with Crippen LogP contribution in [0, 0.1) is 5.82 Å². The molecule has 2 amide bonds. The molecular weight excluding hydrogens is 347 g/mol. The van der Waals surface area contributed by atoms with E-state index in [9.17, 15) is 14.0 Å². The molecule has 0 aliphatic heterocycles. The molecule has 0 aliphatic carbocycles. The fourth-order valence-corrected chi connectivity index (χ4v) is 1.90. The van der Waals surface area contributed by atoms with Crippen molar-refractivity contribution in [2.75, 3.05) is 10.6 Å². The zero-order valence-corrected chi connectivity index (χ0v) is 12.1. The van der Waals surface area contributed by atoms with E-state index >= 15 is 0 Å². The van der Waals surface area contributed by atoms with Gasteiger partial charge in [-0.25, -0.2) is 9.18 Å². The number of urea groups is 1.